The van der Waals surface area contributed by atoms with Crippen LogP contribution in [0.15, 0.2) is 30.3 Å². The van der Waals surface area contributed by atoms with Crippen LogP contribution in [-0.2, 0) is 0 Å². The van der Waals surface area contributed by atoms with Crippen molar-refractivity contribution in [2.45, 2.75) is 0 Å². The van der Waals surface area contributed by atoms with Gasteiger partial charge >= 0.3 is 0 Å². The minimum atomic E-state index is 0.0718. The Kier molecular flexibility index (Phi) is 6.67. The number of benzene rings is 2. The number of aromatic hydroxyl groups is 1. The van der Waals surface area contributed by atoms with Gasteiger partial charge in [-0.25, -0.2) is 0 Å². The zero-order valence-electron chi connectivity index (χ0n) is 13.6. The third-order valence-corrected chi connectivity index (χ3v) is 2.89. The fourth-order valence-electron chi connectivity index (χ4n) is 1.81. The Bertz CT molecular complexity index is 621. The van der Waals surface area contributed by atoms with Crippen molar-refractivity contribution in [1.82, 2.24) is 0 Å². The predicted octanol–water partition coefficient (Wildman–Crippen LogP) is 2.28. The van der Waals surface area contributed by atoms with E-state index in [2.05, 4.69) is 0 Å². The van der Waals surface area contributed by atoms with E-state index < -0.39 is 0 Å². The van der Waals surface area contributed by atoms with Gasteiger partial charge < -0.3 is 35.5 Å². The van der Waals surface area contributed by atoms with E-state index in [1.165, 1.54) is 13.2 Å². The van der Waals surface area contributed by atoms with Crippen LogP contribution in [0.1, 0.15) is 0 Å². The Morgan fingerprint density at radius 1 is 0.696 bits per heavy atom. The molecule has 0 saturated heterocycles. The number of anilines is 2. The van der Waals surface area contributed by atoms with Gasteiger partial charge in [0.1, 0.15) is 0 Å². The summed E-state index contributed by atoms with van der Waals surface area (Å²) in [5, 5.41) is 9.09. The average Bonchev–Trinajstić information content (AvgIpc) is 2.54. The SMILES string of the molecule is COc1cc(N)cc(OC)c1OC.COc1ccc(N)cc1O. The van der Waals surface area contributed by atoms with Crippen LogP contribution < -0.4 is 30.4 Å². The smallest absolute Gasteiger partial charge is 0.203 e. The van der Waals surface area contributed by atoms with Crippen LogP contribution in [0, 0.1) is 0 Å². The Balaban J connectivity index is 0.000000238. The van der Waals surface area contributed by atoms with Gasteiger partial charge in [-0.3, -0.25) is 0 Å². The molecule has 0 aromatic heterocycles. The number of nitrogen functional groups attached to an aromatic ring is 2. The summed E-state index contributed by atoms with van der Waals surface area (Å²) in [6.07, 6.45) is 0. The van der Waals surface area contributed by atoms with Gasteiger partial charge in [-0.05, 0) is 12.1 Å². The maximum atomic E-state index is 9.09. The molecule has 0 unspecified atom stereocenters. The van der Waals surface area contributed by atoms with Crippen LogP contribution in [0.25, 0.3) is 0 Å². The van der Waals surface area contributed by atoms with E-state index in [9.17, 15) is 0 Å². The molecule has 0 bridgehead atoms. The Hall–Kier alpha value is -2.96. The van der Waals surface area contributed by atoms with Crippen LogP contribution in [0.4, 0.5) is 11.4 Å². The lowest BCUT2D eigenvalue weighted by Gasteiger charge is -2.12. The molecule has 126 valence electrons. The van der Waals surface area contributed by atoms with E-state index >= 15 is 0 Å². The van der Waals surface area contributed by atoms with Crippen molar-refractivity contribution >= 4 is 11.4 Å². The molecule has 5 N–H and O–H groups in total. The summed E-state index contributed by atoms with van der Waals surface area (Å²) in [6, 6.07) is 8.09. The molecule has 0 atom stereocenters. The molecule has 0 aliphatic rings. The highest BCUT2D eigenvalue weighted by Crippen LogP contribution is 2.38. The highest BCUT2D eigenvalue weighted by atomic mass is 16.5. The van der Waals surface area contributed by atoms with Gasteiger partial charge in [0.25, 0.3) is 0 Å². The number of ether oxygens (including phenoxy) is 4. The van der Waals surface area contributed by atoms with Crippen molar-refractivity contribution in [2.24, 2.45) is 0 Å². The second-order valence-electron chi connectivity index (χ2n) is 4.39. The van der Waals surface area contributed by atoms with Gasteiger partial charge in [0, 0.05) is 29.6 Å². The Morgan fingerprint density at radius 2 is 1.22 bits per heavy atom. The van der Waals surface area contributed by atoms with E-state index in [0.717, 1.165) is 0 Å². The standard InChI is InChI=1S/C9H13NO3.C7H9NO2/c1-11-7-4-6(10)5-8(12-2)9(7)13-3;1-10-7-3-2-5(8)4-6(7)9/h4-5H,10H2,1-3H3;2-4,9H,8H2,1H3. The number of hydrogen-bond donors (Lipinski definition) is 3. The van der Waals surface area contributed by atoms with Gasteiger partial charge in [-0.2, -0.15) is 0 Å². The molecule has 2 aromatic rings. The zero-order valence-corrected chi connectivity index (χ0v) is 13.6. The van der Waals surface area contributed by atoms with Crippen LogP contribution in [-0.4, -0.2) is 33.5 Å². The highest BCUT2D eigenvalue weighted by molar-refractivity contribution is 5.60. The third kappa shape index (κ3) is 4.77. The molecule has 0 radical (unpaired) electrons. The molecule has 0 amide bonds. The maximum Gasteiger partial charge on any atom is 0.203 e. The van der Waals surface area contributed by atoms with Gasteiger partial charge in [-0.1, -0.05) is 0 Å². The monoisotopic (exact) mass is 322 g/mol. The van der Waals surface area contributed by atoms with Crippen molar-refractivity contribution in [3.63, 3.8) is 0 Å². The number of phenolic OH excluding ortho intramolecular Hbond substituents is 1. The second-order valence-corrected chi connectivity index (χ2v) is 4.39. The van der Waals surface area contributed by atoms with Gasteiger partial charge in [0.15, 0.2) is 23.0 Å². The lowest BCUT2D eigenvalue weighted by Crippen LogP contribution is -1.96. The fourth-order valence-corrected chi connectivity index (χ4v) is 1.81. The molecule has 0 aliphatic heterocycles. The molecule has 23 heavy (non-hydrogen) atoms. The average molecular weight is 322 g/mol. The predicted molar refractivity (Wildman–Crippen MR) is 89.6 cm³/mol. The Morgan fingerprint density at radius 3 is 1.61 bits per heavy atom. The number of nitrogens with two attached hydrogens (primary N) is 2. The molecule has 7 heteroatoms. The maximum absolute atomic E-state index is 9.09. The first-order chi connectivity index (χ1) is 11.0. The molecule has 0 aliphatic carbocycles. The lowest BCUT2D eigenvalue weighted by atomic mass is 10.2. The van der Waals surface area contributed by atoms with Crippen LogP contribution in [0.3, 0.4) is 0 Å². The summed E-state index contributed by atoms with van der Waals surface area (Å²) in [5.41, 5.74) is 12.1. The fraction of sp³-hybridized carbons (Fsp3) is 0.250. The highest BCUT2D eigenvalue weighted by Gasteiger charge is 2.11. The Labute approximate surface area is 135 Å². The summed E-state index contributed by atoms with van der Waals surface area (Å²) in [7, 11) is 6.15. The van der Waals surface area contributed by atoms with Crippen LogP contribution >= 0.6 is 0 Å². The molecule has 2 rings (SSSR count). The molecular formula is C16H22N2O5. The molecule has 0 spiro atoms. The molecule has 0 saturated carbocycles. The van der Waals surface area contributed by atoms with E-state index in [4.69, 9.17) is 35.5 Å². The first-order valence-electron chi connectivity index (χ1n) is 6.64. The normalized spacial score (nSPS) is 9.39. The molecule has 0 fully saturated rings. The number of methoxy groups -OCH3 is 4. The summed E-state index contributed by atoms with van der Waals surface area (Å²) >= 11 is 0. The topological polar surface area (TPSA) is 109 Å². The van der Waals surface area contributed by atoms with Crippen molar-refractivity contribution in [1.29, 1.82) is 0 Å². The van der Waals surface area contributed by atoms with Crippen molar-refractivity contribution < 1.29 is 24.1 Å². The lowest BCUT2D eigenvalue weighted by molar-refractivity contribution is 0.325. The number of phenols is 1. The largest absolute Gasteiger partial charge is 0.504 e. The molecular weight excluding hydrogens is 300 g/mol. The summed E-state index contributed by atoms with van der Waals surface area (Å²) in [5.74, 6) is 2.20. The molecule has 7 nitrogen and oxygen atoms in total. The molecule has 2 aromatic carbocycles. The van der Waals surface area contributed by atoms with Crippen LogP contribution in [0.2, 0.25) is 0 Å². The van der Waals surface area contributed by atoms with E-state index in [1.807, 2.05) is 0 Å². The second kappa shape index (κ2) is 8.47. The van der Waals surface area contributed by atoms with Crippen LogP contribution in [0.5, 0.6) is 28.7 Å². The summed E-state index contributed by atoms with van der Waals surface area (Å²) in [6.45, 7) is 0. The summed E-state index contributed by atoms with van der Waals surface area (Å²) < 4.78 is 20.1. The minimum absolute atomic E-state index is 0.0718. The van der Waals surface area contributed by atoms with Crippen molar-refractivity contribution in [3.8, 4) is 28.7 Å². The first-order valence-corrected chi connectivity index (χ1v) is 6.64. The quantitative estimate of drug-likeness (QED) is 0.741. The van der Waals surface area contributed by atoms with Gasteiger partial charge in [0.2, 0.25) is 5.75 Å². The zero-order chi connectivity index (χ0) is 17.4. The van der Waals surface area contributed by atoms with Crippen molar-refractivity contribution in [3.05, 3.63) is 30.3 Å². The molecule has 0 heterocycles. The number of hydrogen-bond acceptors (Lipinski definition) is 7. The van der Waals surface area contributed by atoms with E-state index in [-0.39, 0.29) is 5.75 Å². The summed E-state index contributed by atoms with van der Waals surface area (Å²) in [4.78, 5) is 0. The first kappa shape index (κ1) is 18.1. The van der Waals surface area contributed by atoms with Gasteiger partial charge in [0.05, 0.1) is 28.4 Å². The number of rotatable bonds is 4. The van der Waals surface area contributed by atoms with E-state index in [1.54, 1.807) is 45.6 Å². The van der Waals surface area contributed by atoms with Gasteiger partial charge in [-0.15, -0.1) is 0 Å². The van der Waals surface area contributed by atoms with E-state index in [0.29, 0.717) is 34.4 Å². The van der Waals surface area contributed by atoms with Crippen molar-refractivity contribution in [2.75, 3.05) is 39.9 Å². The third-order valence-electron chi connectivity index (χ3n) is 2.89. The minimum Gasteiger partial charge on any atom is -0.504 e.